The number of methoxy groups -OCH3 is 1. The van der Waals surface area contributed by atoms with Gasteiger partial charge >= 0.3 is 0 Å². The third kappa shape index (κ3) is 5.87. The molecule has 0 aliphatic carbocycles. The normalized spacial score (nSPS) is 16.4. The van der Waals surface area contributed by atoms with Gasteiger partial charge in [-0.25, -0.2) is 17.8 Å². The minimum absolute atomic E-state index is 0.00907. The number of aromatic nitrogens is 2. The Balaban J connectivity index is 1.71. The van der Waals surface area contributed by atoms with Gasteiger partial charge in [0.2, 0.25) is 15.0 Å². The van der Waals surface area contributed by atoms with E-state index in [4.69, 9.17) is 4.74 Å². The molecule has 0 atom stereocenters. The van der Waals surface area contributed by atoms with Gasteiger partial charge in [-0.15, -0.1) is 0 Å². The highest BCUT2D eigenvalue weighted by atomic mass is 32.2. The number of rotatable bonds is 9. The molecule has 0 saturated carbocycles. The Morgan fingerprint density at radius 1 is 1.21 bits per heavy atom. The van der Waals surface area contributed by atoms with Crippen LogP contribution in [0.2, 0.25) is 0 Å². The number of hydrogen-bond acceptors (Lipinski definition) is 5. The molecule has 0 bridgehead atoms. The minimum Gasteiger partial charge on any atom is -0.385 e. The van der Waals surface area contributed by atoms with Gasteiger partial charge in [-0.3, -0.25) is 4.90 Å². The summed E-state index contributed by atoms with van der Waals surface area (Å²) in [4.78, 5) is 6.48. The van der Waals surface area contributed by atoms with Crippen LogP contribution in [0, 0.1) is 11.7 Å². The third-order valence-electron chi connectivity index (χ3n) is 5.57. The summed E-state index contributed by atoms with van der Waals surface area (Å²) in [6.45, 7) is 3.51. The van der Waals surface area contributed by atoms with E-state index in [0.29, 0.717) is 12.1 Å². The lowest BCUT2D eigenvalue weighted by atomic mass is 9.92. The monoisotopic (exact) mass is 423 g/mol. The Kier molecular flexibility index (Phi) is 7.43. The fourth-order valence-electron chi connectivity index (χ4n) is 3.96. The molecule has 29 heavy (non-hydrogen) atoms. The molecule has 1 aliphatic heterocycles. The topological polar surface area (TPSA) is 64.4 Å². The maximum absolute atomic E-state index is 14.2. The molecule has 6 nitrogen and oxygen atoms in total. The quantitative estimate of drug-likeness (QED) is 0.580. The van der Waals surface area contributed by atoms with E-state index in [9.17, 15) is 12.8 Å². The molecule has 0 radical (unpaired) electrons. The van der Waals surface area contributed by atoms with E-state index in [1.54, 1.807) is 36.1 Å². The van der Waals surface area contributed by atoms with Gasteiger partial charge in [0.1, 0.15) is 5.82 Å². The van der Waals surface area contributed by atoms with Crippen LogP contribution in [-0.4, -0.2) is 55.9 Å². The fourth-order valence-corrected chi connectivity index (χ4v) is 4.79. The van der Waals surface area contributed by atoms with Crippen molar-refractivity contribution in [2.75, 3.05) is 33.1 Å². The number of piperidine rings is 1. The zero-order valence-corrected chi connectivity index (χ0v) is 18.0. The van der Waals surface area contributed by atoms with Crippen LogP contribution in [0.15, 0.2) is 35.6 Å². The van der Waals surface area contributed by atoms with E-state index in [-0.39, 0.29) is 17.5 Å². The third-order valence-corrected chi connectivity index (χ3v) is 6.56. The first-order chi connectivity index (χ1) is 13.9. The molecular weight excluding hydrogens is 393 g/mol. The SMILES string of the molecule is COCCCC1CCN(Cc2cnc(S(C)(=O)=O)n2Cc2ccccc2F)CC1. The second-order valence-corrected chi connectivity index (χ2v) is 9.75. The van der Waals surface area contributed by atoms with Crippen LogP contribution < -0.4 is 0 Å². The summed E-state index contributed by atoms with van der Waals surface area (Å²) in [6, 6.07) is 6.45. The predicted octanol–water partition coefficient (Wildman–Crippen LogP) is 3.11. The zero-order chi connectivity index (χ0) is 20.9. The Hall–Kier alpha value is -1.77. The van der Waals surface area contributed by atoms with Crippen molar-refractivity contribution in [1.82, 2.24) is 14.5 Å². The van der Waals surface area contributed by atoms with Gasteiger partial charge in [-0.1, -0.05) is 18.2 Å². The van der Waals surface area contributed by atoms with E-state index in [0.717, 1.165) is 56.8 Å². The van der Waals surface area contributed by atoms with Crippen LogP contribution >= 0.6 is 0 Å². The molecule has 3 rings (SSSR count). The van der Waals surface area contributed by atoms with E-state index < -0.39 is 9.84 Å². The fraction of sp³-hybridized carbons (Fsp3) is 0.571. The molecule has 0 unspecified atom stereocenters. The number of nitrogens with zero attached hydrogens (tertiary/aromatic N) is 3. The summed E-state index contributed by atoms with van der Waals surface area (Å²) in [5.41, 5.74) is 1.25. The molecular formula is C21H30FN3O3S. The molecule has 8 heteroatoms. The lowest BCUT2D eigenvalue weighted by molar-refractivity contribution is 0.149. The van der Waals surface area contributed by atoms with Crippen LogP contribution in [-0.2, 0) is 27.7 Å². The summed E-state index contributed by atoms with van der Waals surface area (Å²) in [5, 5.41) is -0.00907. The van der Waals surface area contributed by atoms with Gasteiger partial charge in [-0.2, -0.15) is 0 Å². The molecule has 2 aromatic rings. The standard InChI is InChI=1S/C21H30FN3O3S/c1-28-13-5-6-17-9-11-24(12-10-17)16-19-14-23-21(29(2,26)27)25(19)15-18-7-3-4-8-20(18)22/h3-4,7-8,14,17H,5-6,9-13,15-16H2,1-2H3. The van der Waals surface area contributed by atoms with Crippen molar-refractivity contribution in [3.05, 3.63) is 47.5 Å². The molecule has 0 spiro atoms. The van der Waals surface area contributed by atoms with Gasteiger partial charge in [0.05, 0.1) is 18.4 Å². The first kappa shape index (κ1) is 21.9. The maximum atomic E-state index is 14.2. The summed E-state index contributed by atoms with van der Waals surface area (Å²) < 4.78 is 45.3. The lowest BCUT2D eigenvalue weighted by Gasteiger charge is -2.32. The highest BCUT2D eigenvalue weighted by molar-refractivity contribution is 7.90. The van der Waals surface area contributed by atoms with E-state index >= 15 is 0 Å². The van der Waals surface area contributed by atoms with Gasteiger partial charge in [0, 0.05) is 32.1 Å². The van der Waals surface area contributed by atoms with E-state index in [2.05, 4.69) is 9.88 Å². The van der Waals surface area contributed by atoms with Gasteiger partial charge in [0.15, 0.2) is 0 Å². The number of hydrogen-bond donors (Lipinski definition) is 0. The lowest BCUT2D eigenvalue weighted by Crippen LogP contribution is -2.34. The summed E-state index contributed by atoms with van der Waals surface area (Å²) >= 11 is 0. The average Bonchev–Trinajstić information content (AvgIpc) is 3.08. The number of benzene rings is 1. The highest BCUT2D eigenvalue weighted by Gasteiger charge is 2.23. The maximum Gasteiger partial charge on any atom is 0.227 e. The average molecular weight is 424 g/mol. The van der Waals surface area contributed by atoms with Crippen molar-refractivity contribution < 1.29 is 17.5 Å². The number of likely N-dealkylation sites (tertiary alicyclic amines) is 1. The molecule has 2 heterocycles. The van der Waals surface area contributed by atoms with Gasteiger partial charge in [0.25, 0.3) is 0 Å². The molecule has 0 N–H and O–H groups in total. The van der Waals surface area contributed by atoms with Crippen LogP contribution in [0.4, 0.5) is 4.39 Å². The van der Waals surface area contributed by atoms with Crippen LogP contribution in [0.1, 0.15) is 36.9 Å². The number of halogens is 1. The van der Waals surface area contributed by atoms with Crippen LogP contribution in [0.5, 0.6) is 0 Å². The summed E-state index contributed by atoms with van der Waals surface area (Å²) in [6.07, 6.45) is 7.29. The molecule has 1 saturated heterocycles. The van der Waals surface area contributed by atoms with Crippen LogP contribution in [0.25, 0.3) is 0 Å². The van der Waals surface area contributed by atoms with Crippen molar-refractivity contribution in [3.63, 3.8) is 0 Å². The first-order valence-corrected chi connectivity index (χ1v) is 12.0. The van der Waals surface area contributed by atoms with Crippen molar-refractivity contribution in [2.45, 2.75) is 43.9 Å². The summed E-state index contributed by atoms with van der Waals surface area (Å²) in [5.74, 6) is 0.375. The zero-order valence-electron chi connectivity index (χ0n) is 17.2. The minimum atomic E-state index is -3.51. The van der Waals surface area contributed by atoms with Crippen molar-refractivity contribution >= 4 is 9.84 Å². The number of sulfone groups is 1. The second-order valence-electron chi connectivity index (χ2n) is 7.84. The predicted molar refractivity (Wildman–Crippen MR) is 110 cm³/mol. The smallest absolute Gasteiger partial charge is 0.227 e. The number of ether oxygens (including phenoxy) is 1. The Labute approximate surface area is 172 Å². The molecule has 1 aliphatic rings. The summed E-state index contributed by atoms with van der Waals surface area (Å²) in [7, 11) is -1.78. The molecule has 1 fully saturated rings. The van der Waals surface area contributed by atoms with E-state index in [1.807, 2.05) is 0 Å². The van der Waals surface area contributed by atoms with Crippen molar-refractivity contribution in [1.29, 1.82) is 0 Å². The van der Waals surface area contributed by atoms with Gasteiger partial charge in [-0.05, 0) is 50.8 Å². The Morgan fingerprint density at radius 2 is 1.93 bits per heavy atom. The first-order valence-electron chi connectivity index (χ1n) is 10.1. The molecule has 1 aromatic carbocycles. The number of imidazole rings is 1. The van der Waals surface area contributed by atoms with E-state index in [1.165, 1.54) is 12.5 Å². The van der Waals surface area contributed by atoms with Gasteiger partial charge < -0.3 is 9.30 Å². The molecule has 0 amide bonds. The molecule has 160 valence electrons. The highest BCUT2D eigenvalue weighted by Crippen LogP contribution is 2.24. The van der Waals surface area contributed by atoms with Crippen LogP contribution in [0.3, 0.4) is 0 Å². The second kappa shape index (κ2) is 9.82. The Bertz CT molecular complexity index is 906. The van der Waals surface area contributed by atoms with Crippen molar-refractivity contribution in [2.24, 2.45) is 5.92 Å². The molecule has 1 aromatic heterocycles. The Morgan fingerprint density at radius 3 is 2.59 bits per heavy atom. The largest absolute Gasteiger partial charge is 0.385 e. The van der Waals surface area contributed by atoms with Crippen molar-refractivity contribution in [3.8, 4) is 0 Å².